The van der Waals surface area contributed by atoms with Crippen molar-refractivity contribution in [2.45, 2.75) is 19.9 Å². The molecule has 5 nitrogen and oxygen atoms in total. The standard InChI is InChI=1S/C19H17Cl2N3O2S2/c1-10(2)16(23-17(25)11-5-3-4-6-12(11)20)18(26)24-19-22-13(9-27-19)14-7-8-15(21)28-14/h3-10,16H,1-2H3,(H,23,25)(H,22,24,26). The van der Waals surface area contributed by atoms with E-state index in [2.05, 4.69) is 15.6 Å². The molecule has 0 aliphatic rings. The third-order valence-corrected chi connectivity index (χ3v) is 6.26. The number of halogens is 2. The van der Waals surface area contributed by atoms with Gasteiger partial charge in [0.2, 0.25) is 5.91 Å². The maximum Gasteiger partial charge on any atom is 0.253 e. The summed E-state index contributed by atoms with van der Waals surface area (Å²) >= 11 is 14.8. The first-order valence-electron chi connectivity index (χ1n) is 8.42. The third-order valence-electron chi connectivity index (χ3n) is 3.91. The van der Waals surface area contributed by atoms with Crippen LogP contribution in [0, 0.1) is 5.92 Å². The molecule has 0 saturated carbocycles. The van der Waals surface area contributed by atoms with Gasteiger partial charge in [0, 0.05) is 5.38 Å². The lowest BCUT2D eigenvalue weighted by atomic mass is 10.0. The number of nitrogens with zero attached hydrogens (tertiary/aromatic N) is 1. The number of anilines is 1. The molecule has 2 N–H and O–H groups in total. The van der Waals surface area contributed by atoms with Gasteiger partial charge in [0.05, 0.1) is 25.5 Å². The monoisotopic (exact) mass is 453 g/mol. The van der Waals surface area contributed by atoms with E-state index < -0.39 is 11.9 Å². The van der Waals surface area contributed by atoms with Crippen LogP contribution in [0.25, 0.3) is 10.6 Å². The molecule has 28 heavy (non-hydrogen) atoms. The minimum Gasteiger partial charge on any atom is -0.340 e. The molecule has 0 fully saturated rings. The summed E-state index contributed by atoms with van der Waals surface area (Å²) in [5, 5.41) is 8.19. The SMILES string of the molecule is CC(C)C(NC(=O)c1ccccc1Cl)C(=O)Nc1nc(-c2ccc(Cl)s2)cs1. The molecule has 0 bridgehead atoms. The lowest BCUT2D eigenvalue weighted by Gasteiger charge is -2.21. The van der Waals surface area contributed by atoms with Crippen LogP contribution < -0.4 is 10.6 Å². The van der Waals surface area contributed by atoms with Crippen LogP contribution in [0.15, 0.2) is 41.8 Å². The summed E-state index contributed by atoms with van der Waals surface area (Å²) in [5.74, 6) is -0.852. The number of rotatable bonds is 6. The molecule has 3 rings (SSSR count). The molecule has 2 amide bonds. The normalized spacial score (nSPS) is 12.0. The van der Waals surface area contributed by atoms with Crippen LogP contribution in [0.4, 0.5) is 5.13 Å². The zero-order valence-corrected chi connectivity index (χ0v) is 18.2. The molecule has 0 aliphatic heterocycles. The fourth-order valence-electron chi connectivity index (χ4n) is 2.48. The Kier molecular flexibility index (Phi) is 6.72. The van der Waals surface area contributed by atoms with Crippen molar-refractivity contribution in [3.63, 3.8) is 0 Å². The Hall–Kier alpha value is -1.93. The summed E-state index contributed by atoms with van der Waals surface area (Å²) in [6.45, 7) is 3.72. The number of hydrogen-bond donors (Lipinski definition) is 2. The minimum absolute atomic E-state index is 0.123. The predicted molar refractivity (Wildman–Crippen MR) is 117 cm³/mol. The Bertz CT molecular complexity index is 1000. The third kappa shape index (κ3) is 4.91. The van der Waals surface area contributed by atoms with E-state index in [1.807, 2.05) is 25.3 Å². The quantitative estimate of drug-likeness (QED) is 0.512. The van der Waals surface area contributed by atoms with Crippen LogP contribution in [0.3, 0.4) is 0 Å². The van der Waals surface area contributed by atoms with E-state index >= 15 is 0 Å². The smallest absolute Gasteiger partial charge is 0.253 e. The summed E-state index contributed by atoms with van der Waals surface area (Å²) in [6, 6.07) is 9.67. The van der Waals surface area contributed by atoms with E-state index in [-0.39, 0.29) is 11.8 Å². The van der Waals surface area contributed by atoms with Gasteiger partial charge in [-0.15, -0.1) is 22.7 Å². The maximum absolute atomic E-state index is 12.7. The summed E-state index contributed by atoms with van der Waals surface area (Å²) in [4.78, 5) is 30.6. The summed E-state index contributed by atoms with van der Waals surface area (Å²) < 4.78 is 0.677. The Morgan fingerprint density at radius 2 is 1.86 bits per heavy atom. The molecule has 146 valence electrons. The van der Waals surface area contributed by atoms with Crippen molar-refractivity contribution >= 4 is 62.8 Å². The minimum atomic E-state index is -0.729. The first-order chi connectivity index (χ1) is 13.3. The second kappa shape index (κ2) is 9.05. The van der Waals surface area contributed by atoms with E-state index in [9.17, 15) is 9.59 Å². The summed E-state index contributed by atoms with van der Waals surface area (Å²) in [6.07, 6.45) is 0. The van der Waals surface area contributed by atoms with Crippen molar-refractivity contribution in [1.82, 2.24) is 10.3 Å². The average molecular weight is 454 g/mol. The molecule has 2 aromatic heterocycles. The molecule has 2 heterocycles. The highest BCUT2D eigenvalue weighted by Crippen LogP contribution is 2.32. The van der Waals surface area contributed by atoms with Crippen LogP contribution in [0.2, 0.25) is 9.36 Å². The largest absolute Gasteiger partial charge is 0.340 e. The first kappa shape index (κ1) is 20.8. The van der Waals surface area contributed by atoms with Gasteiger partial charge >= 0.3 is 0 Å². The second-order valence-electron chi connectivity index (χ2n) is 6.31. The van der Waals surface area contributed by atoms with Crippen LogP contribution in [-0.2, 0) is 4.79 Å². The van der Waals surface area contributed by atoms with Crippen LogP contribution in [0.1, 0.15) is 24.2 Å². The number of carbonyl (C=O) groups excluding carboxylic acids is 2. The lowest BCUT2D eigenvalue weighted by Crippen LogP contribution is -2.47. The van der Waals surface area contributed by atoms with Crippen molar-refractivity contribution in [3.8, 4) is 10.6 Å². The van der Waals surface area contributed by atoms with Gasteiger partial charge in [-0.2, -0.15) is 0 Å². The van der Waals surface area contributed by atoms with Crippen LogP contribution in [0.5, 0.6) is 0 Å². The lowest BCUT2D eigenvalue weighted by molar-refractivity contribution is -0.118. The maximum atomic E-state index is 12.7. The Balaban J connectivity index is 1.71. The average Bonchev–Trinajstić information content (AvgIpc) is 3.28. The van der Waals surface area contributed by atoms with Gasteiger partial charge in [-0.25, -0.2) is 4.98 Å². The zero-order valence-electron chi connectivity index (χ0n) is 15.0. The van der Waals surface area contributed by atoms with Crippen molar-refractivity contribution in [3.05, 3.63) is 56.7 Å². The van der Waals surface area contributed by atoms with Crippen molar-refractivity contribution in [2.75, 3.05) is 5.32 Å². The number of carbonyl (C=O) groups is 2. The molecule has 0 radical (unpaired) electrons. The Labute approximate surface area is 180 Å². The van der Waals surface area contributed by atoms with Crippen LogP contribution in [-0.4, -0.2) is 22.8 Å². The van der Waals surface area contributed by atoms with Gasteiger partial charge < -0.3 is 10.6 Å². The second-order valence-corrected chi connectivity index (χ2v) is 9.29. The molecule has 0 spiro atoms. The number of thiophene rings is 1. The van der Waals surface area contributed by atoms with Gasteiger partial charge in [0.25, 0.3) is 5.91 Å². The molecule has 1 unspecified atom stereocenters. The first-order valence-corrected chi connectivity index (χ1v) is 10.9. The number of aromatic nitrogens is 1. The summed E-state index contributed by atoms with van der Waals surface area (Å²) in [5.41, 5.74) is 1.08. The van der Waals surface area contributed by atoms with E-state index in [1.54, 1.807) is 30.3 Å². The van der Waals surface area contributed by atoms with Crippen molar-refractivity contribution in [1.29, 1.82) is 0 Å². The topological polar surface area (TPSA) is 71.1 Å². The zero-order chi connectivity index (χ0) is 20.3. The molecular formula is C19H17Cl2N3O2S2. The molecule has 9 heteroatoms. The van der Waals surface area contributed by atoms with Gasteiger partial charge in [-0.1, -0.05) is 49.2 Å². The van der Waals surface area contributed by atoms with Gasteiger partial charge in [0.1, 0.15) is 6.04 Å². The Morgan fingerprint density at radius 3 is 2.50 bits per heavy atom. The van der Waals surface area contributed by atoms with Gasteiger partial charge in [-0.05, 0) is 30.2 Å². The number of benzene rings is 1. The Morgan fingerprint density at radius 1 is 1.11 bits per heavy atom. The van der Waals surface area contributed by atoms with Crippen molar-refractivity contribution in [2.24, 2.45) is 5.92 Å². The van der Waals surface area contributed by atoms with E-state index in [4.69, 9.17) is 23.2 Å². The summed E-state index contributed by atoms with van der Waals surface area (Å²) in [7, 11) is 0. The molecule has 3 aromatic rings. The molecule has 1 atom stereocenters. The number of thiazole rings is 1. The van der Waals surface area contributed by atoms with Gasteiger partial charge in [-0.3, -0.25) is 9.59 Å². The molecule has 1 aromatic carbocycles. The highest BCUT2D eigenvalue weighted by atomic mass is 35.5. The molecule has 0 aliphatic carbocycles. The highest BCUT2D eigenvalue weighted by Gasteiger charge is 2.26. The van der Waals surface area contributed by atoms with Gasteiger partial charge in [0.15, 0.2) is 5.13 Å². The fourth-order valence-corrected chi connectivity index (χ4v) is 4.49. The van der Waals surface area contributed by atoms with E-state index in [0.717, 1.165) is 10.6 Å². The van der Waals surface area contributed by atoms with E-state index in [1.165, 1.54) is 22.7 Å². The molecular weight excluding hydrogens is 437 g/mol. The number of nitrogens with one attached hydrogen (secondary N) is 2. The van der Waals surface area contributed by atoms with E-state index in [0.29, 0.717) is 20.1 Å². The predicted octanol–water partition coefficient (Wildman–Crippen LogP) is 5.57. The number of hydrogen-bond acceptors (Lipinski definition) is 5. The molecule has 0 saturated heterocycles. The fraction of sp³-hybridized carbons (Fsp3) is 0.211. The highest BCUT2D eigenvalue weighted by molar-refractivity contribution is 7.20. The number of amides is 2. The van der Waals surface area contributed by atoms with Crippen LogP contribution >= 0.6 is 45.9 Å². The van der Waals surface area contributed by atoms with Crippen molar-refractivity contribution < 1.29 is 9.59 Å².